The van der Waals surface area contributed by atoms with Gasteiger partial charge < -0.3 is 10.2 Å². The molecular formula is C12H20N2OS. The molecule has 1 N–H and O–H groups in total. The first-order valence-electron chi connectivity index (χ1n) is 5.87. The van der Waals surface area contributed by atoms with Crippen LogP contribution in [0.2, 0.25) is 0 Å². The zero-order chi connectivity index (χ0) is 12.1. The molecule has 0 aromatic heterocycles. The fourth-order valence-electron chi connectivity index (χ4n) is 1.77. The Hall–Kier alpha value is -0.740. The maximum Gasteiger partial charge on any atom is 0.203 e. The highest BCUT2D eigenvalue weighted by atomic mass is 32.1. The fourth-order valence-corrected chi connectivity index (χ4v) is 2.15. The lowest BCUT2D eigenvalue weighted by atomic mass is 10.1. The molecule has 0 fully saturated rings. The Labute approximate surface area is 102 Å². The van der Waals surface area contributed by atoms with Gasteiger partial charge in [0.1, 0.15) is 4.51 Å². The van der Waals surface area contributed by atoms with Crippen molar-refractivity contribution in [3.05, 3.63) is 20.3 Å². The summed E-state index contributed by atoms with van der Waals surface area (Å²) in [7, 11) is 0. The molecule has 0 aliphatic rings. The Morgan fingerprint density at radius 2 is 1.94 bits per heavy atom. The molecule has 0 saturated heterocycles. The highest BCUT2D eigenvalue weighted by Crippen LogP contribution is 2.15. The Bertz CT molecular complexity index is 403. The molecule has 0 bridgehead atoms. The highest BCUT2D eigenvalue weighted by Gasteiger charge is 2.12. The number of hydrogen-bond acceptors (Lipinski definition) is 4. The average Bonchev–Trinajstić information content (AvgIpc) is 2.32. The van der Waals surface area contributed by atoms with E-state index in [0.29, 0.717) is 4.51 Å². The molecule has 0 aliphatic carbocycles. The monoisotopic (exact) mass is 240 g/mol. The van der Waals surface area contributed by atoms with E-state index in [9.17, 15) is 4.79 Å². The van der Waals surface area contributed by atoms with Crippen molar-refractivity contribution in [3.8, 4) is 0 Å². The largest absolute Gasteiger partial charge is 0.383 e. The fraction of sp³-hybridized carbons (Fsp3) is 0.667. The second-order valence-corrected chi connectivity index (χ2v) is 4.37. The van der Waals surface area contributed by atoms with Crippen molar-refractivity contribution in [1.29, 1.82) is 0 Å². The van der Waals surface area contributed by atoms with Gasteiger partial charge in [-0.05, 0) is 33.0 Å². The predicted octanol–water partition coefficient (Wildman–Crippen LogP) is 2.10. The summed E-state index contributed by atoms with van der Waals surface area (Å²) in [6.45, 7) is 10.3. The van der Waals surface area contributed by atoms with Crippen molar-refractivity contribution >= 4 is 17.9 Å². The van der Waals surface area contributed by atoms with Crippen LogP contribution in [0, 0.1) is 11.4 Å². The molecule has 0 spiro atoms. The van der Waals surface area contributed by atoms with Crippen LogP contribution in [0.3, 0.4) is 0 Å². The Morgan fingerprint density at radius 1 is 1.31 bits per heavy atom. The van der Waals surface area contributed by atoms with E-state index in [2.05, 4.69) is 24.1 Å². The minimum atomic E-state index is 0.0289. The van der Waals surface area contributed by atoms with Crippen molar-refractivity contribution < 1.29 is 0 Å². The molecule has 1 rings (SSSR count). The first kappa shape index (κ1) is 13.3. The van der Waals surface area contributed by atoms with Crippen LogP contribution >= 0.6 is 12.2 Å². The molecule has 1 aromatic rings. The normalized spacial score (nSPS) is 11.2. The van der Waals surface area contributed by atoms with Crippen LogP contribution in [0.5, 0.6) is 0 Å². The van der Waals surface area contributed by atoms with E-state index >= 15 is 0 Å². The van der Waals surface area contributed by atoms with Crippen molar-refractivity contribution in [1.82, 2.24) is 4.90 Å². The van der Waals surface area contributed by atoms with Crippen LogP contribution < -0.4 is 10.7 Å². The number of nitrogens with one attached hydrogen (secondary N) is 1. The van der Waals surface area contributed by atoms with Crippen molar-refractivity contribution in [2.24, 2.45) is 0 Å². The van der Waals surface area contributed by atoms with Gasteiger partial charge in [-0.1, -0.05) is 26.1 Å². The predicted molar refractivity (Wildman–Crippen MR) is 71.5 cm³/mol. The highest BCUT2D eigenvalue weighted by molar-refractivity contribution is 7.71. The first-order valence-corrected chi connectivity index (χ1v) is 6.28. The summed E-state index contributed by atoms with van der Waals surface area (Å²) in [5, 5.41) is 3.24. The van der Waals surface area contributed by atoms with E-state index in [1.165, 1.54) is 0 Å². The van der Waals surface area contributed by atoms with Gasteiger partial charge in [0.2, 0.25) is 5.43 Å². The molecule has 0 amide bonds. The van der Waals surface area contributed by atoms with Gasteiger partial charge >= 0.3 is 0 Å². The lowest BCUT2D eigenvalue weighted by Gasteiger charge is -2.18. The van der Waals surface area contributed by atoms with Crippen molar-refractivity contribution in [3.63, 3.8) is 0 Å². The smallest absolute Gasteiger partial charge is 0.203 e. The third kappa shape index (κ3) is 2.89. The molecule has 0 radical (unpaired) electrons. The zero-order valence-electron chi connectivity index (χ0n) is 10.3. The van der Waals surface area contributed by atoms with Crippen LogP contribution in [0.15, 0.2) is 4.79 Å². The lowest BCUT2D eigenvalue weighted by Crippen LogP contribution is -2.26. The SMILES string of the molecule is CCN(CC)CCCNc1c(C)c(=O)c1=S. The van der Waals surface area contributed by atoms with Gasteiger partial charge in [0.05, 0.1) is 5.69 Å². The van der Waals surface area contributed by atoms with E-state index in [-0.39, 0.29) is 5.43 Å². The standard InChI is InChI=1S/C12H20N2OS/c1-4-14(5-2)8-6-7-13-10-9(3)11(15)12(10)16/h13H,4-8H2,1-3H3. The van der Waals surface area contributed by atoms with Crippen LogP contribution in [-0.4, -0.2) is 31.1 Å². The summed E-state index contributed by atoms with van der Waals surface area (Å²) in [4.78, 5) is 13.5. The van der Waals surface area contributed by atoms with E-state index in [1.54, 1.807) is 0 Å². The van der Waals surface area contributed by atoms with Gasteiger partial charge in [-0.2, -0.15) is 0 Å². The molecule has 0 saturated carbocycles. The Balaban J connectivity index is 2.27. The molecule has 0 unspecified atom stereocenters. The minimum absolute atomic E-state index is 0.0289. The second-order valence-electron chi connectivity index (χ2n) is 3.97. The Morgan fingerprint density at radius 3 is 2.44 bits per heavy atom. The van der Waals surface area contributed by atoms with Crippen LogP contribution in [0.4, 0.5) is 5.69 Å². The molecule has 16 heavy (non-hydrogen) atoms. The average molecular weight is 240 g/mol. The topological polar surface area (TPSA) is 32.3 Å². The summed E-state index contributed by atoms with van der Waals surface area (Å²) in [6.07, 6.45) is 1.08. The molecule has 0 aliphatic heterocycles. The summed E-state index contributed by atoms with van der Waals surface area (Å²) >= 11 is 4.97. The summed E-state index contributed by atoms with van der Waals surface area (Å²) < 4.78 is 0.473. The van der Waals surface area contributed by atoms with Gasteiger partial charge in [0.25, 0.3) is 0 Å². The number of anilines is 1. The maximum atomic E-state index is 11.2. The third-order valence-corrected chi connectivity index (χ3v) is 3.39. The first-order chi connectivity index (χ1) is 7.61. The molecule has 1 aromatic carbocycles. The van der Waals surface area contributed by atoms with Crippen molar-refractivity contribution in [2.75, 3.05) is 31.5 Å². The molecular weight excluding hydrogens is 220 g/mol. The second kappa shape index (κ2) is 6.11. The van der Waals surface area contributed by atoms with E-state index in [4.69, 9.17) is 12.2 Å². The summed E-state index contributed by atoms with van der Waals surface area (Å²) in [6, 6.07) is 0. The van der Waals surface area contributed by atoms with Gasteiger partial charge in [0, 0.05) is 12.1 Å². The van der Waals surface area contributed by atoms with E-state index < -0.39 is 0 Å². The molecule has 90 valence electrons. The van der Waals surface area contributed by atoms with Gasteiger partial charge in [0.15, 0.2) is 0 Å². The van der Waals surface area contributed by atoms with Crippen molar-refractivity contribution in [2.45, 2.75) is 27.2 Å². The number of nitrogens with zero attached hydrogens (tertiary/aromatic N) is 1. The van der Waals surface area contributed by atoms with Crippen LogP contribution in [0.1, 0.15) is 25.8 Å². The summed E-state index contributed by atoms with van der Waals surface area (Å²) in [5.74, 6) is 0. The van der Waals surface area contributed by atoms with Crippen LogP contribution in [-0.2, 0) is 0 Å². The molecule has 0 atom stereocenters. The maximum absolute atomic E-state index is 11.2. The lowest BCUT2D eigenvalue weighted by molar-refractivity contribution is 0.303. The Kier molecular flexibility index (Phi) is 5.09. The van der Waals surface area contributed by atoms with Gasteiger partial charge in [-0.3, -0.25) is 4.79 Å². The number of hydrogen-bond donors (Lipinski definition) is 1. The van der Waals surface area contributed by atoms with Gasteiger partial charge in [-0.25, -0.2) is 0 Å². The molecule has 3 nitrogen and oxygen atoms in total. The zero-order valence-corrected chi connectivity index (χ0v) is 11.1. The van der Waals surface area contributed by atoms with Crippen LogP contribution in [0.25, 0.3) is 0 Å². The summed E-state index contributed by atoms with van der Waals surface area (Å²) in [5.41, 5.74) is 1.70. The van der Waals surface area contributed by atoms with E-state index in [0.717, 1.165) is 43.9 Å². The minimum Gasteiger partial charge on any atom is -0.383 e. The van der Waals surface area contributed by atoms with E-state index in [1.807, 2.05) is 6.92 Å². The number of rotatable bonds is 7. The molecule has 0 heterocycles. The quantitative estimate of drug-likeness (QED) is 0.584. The third-order valence-electron chi connectivity index (χ3n) is 3.00. The van der Waals surface area contributed by atoms with Gasteiger partial charge in [-0.15, -0.1) is 0 Å². The molecule has 4 heteroatoms.